The van der Waals surface area contributed by atoms with Gasteiger partial charge in [-0.3, -0.25) is 0 Å². The summed E-state index contributed by atoms with van der Waals surface area (Å²) in [5, 5.41) is 12.4. The third-order valence-corrected chi connectivity index (χ3v) is 4.87. The van der Waals surface area contributed by atoms with E-state index in [4.69, 9.17) is 0 Å². The topological polar surface area (TPSA) is 45.4 Å². The molecule has 29 heavy (non-hydrogen) atoms. The molecule has 0 radical (unpaired) electrons. The Morgan fingerprint density at radius 1 is 0.966 bits per heavy atom. The predicted octanol–water partition coefficient (Wildman–Crippen LogP) is 4.15. The van der Waals surface area contributed by atoms with Gasteiger partial charge in [0.15, 0.2) is 11.8 Å². The van der Waals surface area contributed by atoms with Gasteiger partial charge in [0.25, 0.3) is 0 Å². The Morgan fingerprint density at radius 3 is 2.14 bits per heavy atom. The molecule has 2 aromatic rings. The summed E-state index contributed by atoms with van der Waals surface area (Å²) >= 11 is 0. The molecule has 156 valence electrons. The van der Waals surface area contributed by atoms with Gasteiger partial charge in [0.1, 0.15) is 5.82 Å². The first-order valence-electron chi connectivity index (χ1n) is 9.49. The van der Waals surface area contributed by atoms with E-state index < -0.39 is 17.3 Å². The predicted molar refractivity (Wildman–Crippen MR) is 109 cm³/mol. The summed E-state index contributed by atoms with van der Waals surface area (Å²) in [6.07, 6.45) is -1.90. The molecule has 5 nitrogen and oxygen atoms in total. The highest BCUT2D eigenvalue weighted by atomic mass is 19.4. The van der Waals surface area contributed by atoms with Crippen molar-refractivity contribution in [1.29, 1.82) is 0 Å². The summed E-state index contributed by atoms with van der Waals surface area (Å²) in [7, 11) is 0. The van der Waals surface area contributed by atoms with Crippen LogP contribution in [0.3, 0.4) is 0 Å². The molecule has 0 spiro atoms. The fraction of sp³-hybridized carbons (Fsp3) is 0.429. The van der Waals surface area contributed by atoms with Crippen LogP contribution >= 0.6 is 0 Å². The number of nitrogens with zero attached hydrogens (tertiary/aromatic N) is 4. The van der Waals surface area contributed by atoms with Gasteiger partial charge in [-0.05, 0) is 24.3 Å². The molecule has 1 fully saturated rings. The lowest BCUT2D eigenvalue weighted by Gasteiger charge is -2.37. The van der Waals surface area contributed by atoms with E-state index in [1.165, 1.54) is 6.07 Å². The molecular formula is C21H25F3N4O. The first-order chi connectivity index (χ1) is 13.6. The van der Waals surface area contributed by atoms with Crippen LogP contribution in [0.2, 0.25) is 0 Å². The molecule has 1 aromatic heterocycles. The number of hydroxylamine groups is 1. The van der Waals surface area contributed by atoms with Crippen LogP contribution in [0, 0.1) is 5.21 Å². The molecule has 8 heteroatoms. The van der Waals surface area contributed by atoms with Crippen LogP contribution in [0.4, 0.5) is 24.7 Å². The highest BCUT2D eigenvalue weighted by molar-refractivity contribution is 5.85. The molecule has 3 rings (SSSR count). The van der Waals surface area contributed by atoms with Crippen molar-refractivity contribution >= 4 is 17.7 Å². The second kappa shape index (κ2) is 7.93. The summed E-state index contributed by atoms with van der Waals surface area (Å²) in [6.45, 7) is 8.20. The van der Waals surface area contributed by atoms with E-state index in [0.717, 1.165) is 28.3 Å². The Kier molecular flexibility index (Phi) is 5.73. The largest absolute Gasteiger partial charge is 0.623 e. The fourth-order valence-corrected chi connectivity index (χ4v) is 3.12. The fourth-order valence-electron chi connectivity index (χ4n) is 3.12. The van der Waals surface area contributed by atoms with Crippen molar-refractivity contribution in [2.24, 2.45) is 0 Å². The van der Waals surface area contributed by atoms with E-state index in [1.54, 1.807) is 6.21 Å². The average molecular weight is 406 g/mol. The van der Waals surface area contributed by atoms with Crippen molar-refractivity contribution < 1.29 is 17.9 Å². The Labute approximate surface area is 168 Å². The van der Waals surface area contributed by atoms with Gasteiger partial charge in [-0.15, -0.1) is 0 Å². The quantitative estimate of drug-likeness (QED) is 0.332. The Morgan fingerprint density at radius 2 is 1.59 bits per heavy atom. The number of hydrogen-bond acceptors (Lipinski definition) is 4. The number of para-hydroxylation sites is 1. The molecule has 2 heterocycles. The highest BCUT2D eigenvalue weighted by Crippen LogP contribution is 2.30. The molecule has 1 aromatic carbocycles. The number of piperazine rings is 1. The van der Waals surface area contributed by atoms with Crippen molar-refractivity contribution in [1.82, 2.24) is 4.98 Å². The minimum Gasteiger partial charge on any atom is -0.623 e. The van der Waals surface area contributed by atoms with Crippen molar-refractivity contribution in [3.05, 3.63) is 58.9 Å². The van der Waals surface area contributed by atoms with Crippen LogP contribution < -0.4 is 9.80 Å². The standard InChI is InChI=1S/C21H25F3N4O/c1-20(2,3)28(29)15-16-6-4-5-7-18(16)26-10-12-27(13-11-26)19-9-8-17(14-25-19)21(22,23)24/h4-9,14-15H,10-13H2,1-3H3. The van der Waals surface area contributed by atoms with Crippen LogP contribution in [0.15, 0.2) is 42.6 Å². The molecule has 0 atom stereocenters. The molecule has 0 amide bonds. The van der Waals surface area contributed by atoms with Gasteiger partial charge in [0, 0.05) is 53.1 Å². The lowest BCUT2D eigenvalue weighted by atomic mass is 10.1. The lowest BCUT2D eigenvalue weighted by Crippen LogP contribution is -2.47. The Balaban J connectivity index is 1.72. The molecule has 1 saturated heterocycles. The highest BCUT2D eigenvalue weighted by Gasteiger charge is 2.31. The summed E-state index contributed by atoms with van der Waals surface area (Å²) < 4.78 is 39.1. The van der Waals surface area contributed by atoms with Gasteiger partial charge in [-0.2, -0.15) is 13.2 Å². The number of hydrogen-bond donors (Lipinski definition) is 0. The minimum absolute atomic E-state index is 0.528. The summed E-state index contributed by atoms with van der Waals surface area (Å²) in [5.41, 5.74) is 0.543. The van der Waals surface area contributed by atoms with Crippen LogP contribution in [0.25, 0.3) is 0 Å². The van der Waals surface area contributed by atoms with Crippen LogP contribution in [0.1, 0.15) is 31.9 Å². The first-order valence-corrected chi connectivity index (χ1v) is 9.49. The number of halogens is 3. The zero-order valence-electron chi connectivity index (χ0n) is 16.8. The van der Waals surface area contributed by atoms with E-state index in [-0.39, 0.29) is 0 Å². The number of alkyl halides is 3. The van der Waals surface area contributed by atoms with Gasteiger partial charge in [-0.25, -0.2) is 9.72 Å². The molecule has 0 unspecified atom stereocenters. The van der Waals surface area contributed by atoms with E-state index in [0.29, 0.717) is 32.0 Å². The minimum atomic E-state index is -4.38. The Bertz CT molecular complexity index is 865. The van der Waals surface area contributed by atoms with E-state index >= 15 is 0 Å². The van der Waals surface area contributed by atoms with Gasteiger partial charge < -0.3 is 15.0 Å². The van der Waals surface area contributed by atoms with Crippen LogP contribution in [0.5, 0.6) is 0 Å². The SMILES string of the molecule is CC(C)(C)[N+]([O-])=Cc1ccccc1N1CCN(c2ccc(C(F)(F)F)cn2)CC1. The summed E-state index contributed by atoms with van der Waals surface area (Å²) in [6, 6.07) is 10.2. The van der Waals surface area contributed by atoms with Crippen molar-refractivity contribution in [2.45, 2.75) is 32.5 Å². The van der Waals surface area contributed by atoms with Crippen LogP contribution in [-0.4, -0.2) is 47.7 Å². The third-order valence-electron chi connectivity index (χ3n) is 4.87. The maximum atomic E-state index is 12.7. The second-order valence-electron chi connectivity index (χ2n) is 8.06. The molecule has 0 aliphatic carbocycles. The maximum Gasteiger partial charge on any atom is 0.417 e. The average Bonchev–Trinajstić information content (AvgIpc) is 2.67. The van der Waals surface area contributed by atoms with E-state index in [2.05, 4.69) is 9.88 Å². The van der Waals surface area contributed by atoms with Gasteiger partial charge in [0.2, 0.25) is 0 Å². The second-order valence-corrected chi connectivity index (χ2v) is 8.06. The molecule has 0 saturated carbocycles. The number of anilines is 2. The third kappa shape index (κ3) is 4.99. The molecule has 1 aliphatic rings. The van der Waals surface area contributed by atoms with Crippen molar-refractivity contribution in [3.63, 3.8) is 0 Å². The molecule has 0 N–H and O–H groups in total. The maximum absolute atomic E-state index is 12.7. The van der Waals surface area contributed by atoms with Crippen molar-refractivity contribution in [2.75, 3.05) is 36.0 Å². The molecule has 0 bridgehead atoms. The van der Waals surface area contributed by atoms with Gasteiger partial charge in [0.05, 0.1) is 16.8 Å². The number of pyridine rings is 1. The van der Waals surface area contributed by atoms with E-state index in [9.17, 15) is 18.4 Å². The first kappa shape index (κ1) is 21.0. The van der Waals surface area contributed by atoms with Gasteiger partial charge in [-0.1, -0.05) is 12.1 Å². The smallest absolute Gasteiger partial charge is 0.417 e. The molecule has 1 aliphatic heterocycles. The Hall–Kier alpha value is -2.77. The van der Waals surface area contributed by atoms with Gasteiger partial charge >= 0.3 is 6.18 Å². The number of rotatable bonds is 3. The van der Waals surface area contributed by atoms with E-state index in [1.807, 2.05) is 49.9 Å². The zero-order chi connectivity index (χ0) is 21.2. The summed E-state index contributed by atoms with van der Waals surface area (Å²) in [5.74, 6) is 0.538. The molecular weight excluding hydrogens is 381 g/mol. The van der Waals surface area contributed by atoms with Crippen LogP contribution in [-0.2, 0) is 6.18 Å². The number of aromatic nitrogens is 1. The monoisotopic (exact) mass is 406 g/mol. The lowest BCUT2D eigenvalue weighted by molar-refractivity contribution is -0.530. The van der Waals surface area contributed by atoms with Crippen molar-refractivity contribution in [3.8, 4) is 0 Å². The number of benzene rings is 1. The summed E-state index contributed by atoms with van der Waals surface area (Å²) in [4.78, 5) is 8.14. The zero-order valence-corrected chi connectivity index (χ0v) is 16.8. The normalized spacial score (nSPS) is 16.3.